The lowest BCUT2D eigenvalue weighted by Crippen LogP contribution is -2.12. The van der Waals surface area contributed by atoms with Gasteiger partial charge in [0.2, 0.25) is 0 Å². The lowest BCUT2D eigenvalue weighted by Gasteiger charge is -2.08. The van der Waals surface area contributed by atoms with Gasteiger partial charge in [0.15, 0.2) is 15.7 Å². The molecule has 140 valence electrons. The molecule has 0 unspecified atom stereocenters. The molecule has 0 spiro atoms. The zero-order valence-electron chi connectivity index (χ0n) is 15.1. The summed E-state index contributed by atoms with van der Waals surface area (Å²) in [5.41, 5.74) is 2.60. The number of hydrogen-bond acceptors (Lipinski definition) is 5. The van der Waals surface area contributed by atoms with Gasteiger partial charge < -0.3 is 9.88 Å². The molecule has 0 radical (unpaired) electrons. The van der Waals surface area contributed by atoms with Crippen LogP contribution in [0.5, 0.6) is 0 Å². The van der Waals surface area contributed by atoms with E-state index >= 15 is 0 Å². The molecule has 3 aromatic rings. The minimum absolute atomic E-state index is 0.0466. The summed E-state index contributed by atoms with van der Waals surface area (Å²) < 4.78 is 24.6. The Labute approximate surface area is 158 Å². The molecular weight excluding hydrogens is 364 g/mol. The molecule has 1 N–H and O–H groups in total. The second kappa shape index (κ2) is 7.71. The van der Waals surface area contributed by atoms with E-state index in [1.807, 2.05) is 29.7 Å². The van der Waals surface area contributed by atoms with Crippen molar-refractivity contribution in [2.75, 3.05) is 11.6 Å². The van der Waals surface area contributed by atoms with Crippen molar-refractivity contribution in [3.63, 3.8) is 0 Å². The topological polar surface area (TPSA) is 93.9 Å². The van der Waals surface area contributed by atoms with Crippen LogP contribution < -0.4 is 5.32 Å². The summed E-state index contributed by atoms with van der Waals surface area (Å²) in [5, 5.41) is 10.9. The van der Waals surface area contributed by atoms with E-state index in [9.17, 15) is 13.2 Å². The number of anilines is 1. The minimum Gasteiger partial charge on any atom is -0.322 e. The van der Waals surface area contributed by atoms with Crippen LogP contribution in [0.2, 0.25) is 0 Å². The minimum atomic E-state index is -3.10. The van der Waals surface area contributed by atoms with Crippen LogP contribution in [0.1, 0.15) is 22.8 Å². The molecule has 7 nitrogen and oxygen atoms in total. The smallest absolute Gasteiger partial charge is 0.255 e. The van der Waals surface area contributed by atoms with Crippen molar-refractivity contribution in [3.05, 3.63) is 66.0 Å². The van der Waals surface area contributed by atoms with Crippen LogP contribution >= 0.6 is 0 Å². The van der Waals surface area contributed by atoms with Crippen molar-refractivity contribution in [1.82, 2.24) is 14.8 Å². The van der Waals surface area contributed by atoms with Gasteiger partial charge >= 0.3 is 0 Å². The third-order valence-corrected chi connectivity index (χ3v) is 4.84. The van der Waals surface area contributed by atoms with Crippen molar-refractivity contribution in [2.24, 2.45) is 0 Å². The fourth-order valence-corrected chi connectivity index (χ4v) is 3.50. The molecule has 8 heteroatoms. The van der Waals surface area contributed by atoms with E-state index in [1.54, 1.807) is 36.7 Å². The summed E-state index contributed by atoms with van der Waals surface area (Å²) in [6.07, 6.45) is 2.85. The average molecular weight is 384 g/mol. The Bertz CT molecular complexity index is 1060. The van der Waals surface area contributed by atoms with Crippen molar-refractivity contribution in [2.45, 2.75) is 19.2 Å². The van der Waals surface area contributed by atoms with Crippen LogP contribution in [0.3, 0.4) is 0 Å². The van der Waals surface area contributed by atoms with E-state index in [1.165, 1.54) is 6.26 Å². The van der Waals surface area contributed by atoms with Gasteiger partial charge in [-0.15, -0.1) is 10.2 Å². The van der Waals surface area contributed by atoms with Crippen LogP contribution in [-0.4, -0.2) is 35.3 Å². The zero-order valence-corrected chi connectivity index (χ0v) is 15.9. The number of carbonyl (C=O) groups is 1. The first-order valence-corrected chi connectivity index (χ1v) is 10.5. The van der Waals surface area contributed by atoms with Gasteiger partial charge in [0.25, 0.3) is 5.91 Å². The highest BCUT2D eigenvalue weighted by atomic mass is 32.2. The summed E-state index contributed by atoms with van der Waals surface area (Å²) in [4.78, 5) is 12.5. The van der Waals surface area contributed by atoms with E-state index in [4.69, 9.17) is 0 Å². The molecule has 3 rings (SSSR count). The highest BCUT2D eigenvalue weighted by molar-refractivity contribution is 7.89. The molecular formula is C19H20N4O3S. The van der Waals surface area contributed by atoms with Gasteiger partial charge in [-0.2, -0.15) is 0 Å². The van der Waals surface area contributed by atoms with Gasteiger partial charge in [-0.05, 0) is 36.8 Å². The van der Waals surface area contributed by atoms with Crippen LogP contribution in [0.4, 0.5) is 5.69 Å². The fourth-order valence-electron chi connectivity index (χ4n) is 2.70. The molecule has 1 heterocycles. The van der Waals surface area contributed by atoms with Gasteiger partial charge in [-0.1, -0.05) is 24.3 Å². The molecule has 0 saturated heterocycles. The van der Waals surface area contributed by atoms with Gasteiger partial charge in [-0.3, -0.25) is 4.79 Å². The lowest BCUT2D eigenvalue weighted by atomic mass is 10.1. The van der Waals surface area contributed by atoms with Gasteiger partial charge in [0, 0.05) is 29.6 Å². The molecule has 1 aromatic heterocycles. The Hall–Kier alpha value is -3.00. The van der Waals surface area contributed by atoms with Gasteiger partial charge in [0.05, 0.1) is 5.75 Å². The first-order valence-electron chi connectivity index (χ1n) is 8.42. The summed E-state index contributed by atoms with van der Waals surface area (Å²) >= 11 is 0. The number of amides is 1. The molecule has 0 aliphatic carbocycles. The molecule has 0 aliphatic heterocycles. The summed E-state index contributed by atoms with van der Waals surface area (Å²) in [6.45, 7) is 2.75. The second-order valence-electron chi connectivity index (χ2n) is 6.24. The normalized spacial score (nSPS) is 11.3. The Morgan fingerprint density at radius 1 is 1.15 bits per heavy atom. The largest absolute Gasteiger partial charge is 0.322 e. The van der Waals surface area contributed by atoms with Gasteiger partial charge in [-0.25, -0.2) is 8.42 Å². The van der Waals surface area contributed by atoms with Crippen LogP contribution in [0.25, 0.3) is 11.4 Å². The molecule has 1 amide bonds. The van der Waals surface area contributed by atoms with E-state index < -0.39 is 9.84 Å². The lowest BCUT2D eigenvalue weighted by molar-refractivity contribution is 0.102. The van der Waals surface area contributed by atoms with E-state index in [0.717, 1.165) is 17.9 Å². The third kappa shape index (κ3) is 4.79. The van der Waals surface area contributed by atoms with Crippen molar-refractivity contribution in [3.8, 4) is 11.4 Å². The van der Waals surface area contributed by atoms with E-state index in [0.29, 0.717) is 16.8 Å². The average Bonchev–Trinajstić information content (AvgIpc) is 3.10. The quantitative estimate of drug-likeness (QED) is 0.705. The maximum atomic E-state index is 12.5. The molecule has 0 fully saturated rings. The number of carbonyl (C=O) groups excluding carboxylic acids is 1. The predicted molar refractivity (Wildman–Crippen MR) is 104 cm³/mol. The number of aryl methyl sites for hydroxylation is 1. The SMILES string of the molecule is CCn1cnnc1-c1cccc(NC(=O)c2ccc(CS(C)(=O)=O)cc2)c1. The summed E-state index contributed by atoms with van der Waals surface area (Å²) in [7, 11) is -3.10. The summed E-state index contributed by atoms with van der Waals surface area (Å²) in [6, 6.07) is 13.9. The van der Waals surface area contributed by atoms with Crippen LogP contribution in [0, 0.1) is 0 Å². The predicted octanol–water partition coefficient (Wildman–Crippen LogP) is 2.76. The van der Waals surface area contributed by atoms with Crippen LogP contribution in [-0.2, 0) is 22.1 Å². The molecule has 0 bridgehead atoms. The van der Waals surface area contributed by atoms with Crippen molar-refractivity contribution >= 4 is 21.4 Å². The van der Waals surface area contributed by atoms with Crippen LogP contribution in [0.15, 0.2) is 54.9 Å². The molecule has 2 aromatic carbocycles. The Morgan fingerprint density at radius 3 is 2.56 bits per heavy atom. The molecule has 0 saturated carbocycles. The molecule has 0 atom stereocenters. The van der Waals surface area contributed by atoms with Gasteiger partial charge in [0.1, 0.15) is 6.33 Å². The maximum Gasteiger partial charge on any atom is 0.255 e. The maximum absolute atomic E-state index is 12.5. The fraction of sp³-hybridized carbons (Fsp3) is 0.211. The number of hydrogen-bond donors (Lipinski definition) is 1. The molecule has 0 aliphatic rings. The second-order valence-corrected chi connectivity index (χ2v) is 8.38. The first kappa shape index (κ1) is 18.8. The zero-order chi connectivity index (χ0) is 19.4. The molecule has 27 heavy (non-hydrogen) atoms. The Balaban J connectivity index is 1.75. The Morgan fingerprint density at radius 2 is 1.89 bits per heavy atom. The monoisotopic (exact) mass is 384 g/mol. The highest BCUT2D eigenvalue weighted by Gasteiger charge is 2.11. The Kier molecular flexibility index (Phi) is 5.36. The first-order chi connectivity index (χ1) is 12.9. The number of nitrogens with zero attached hydrogens (tertiary/aromatic N) is 3. The number of nitrogens with one attached hydrogen (secondary N) is 1. The number of rotatable bonds is 6. The summed E-state index contributed by atoms with van der Waals surface area (Å²) in [5.74, 6) is 0.420. The van der Waals surface area contributed by atoms with E-state index in [2.05, 4.69) is 15.5 Å². The number of aromatic nitrogens is 3. The van der Waals surface area contributed by atoms with Crippen molar-refractivity contribution < 1.29 is 13.2 Å². The standard InChI is InChI=1S/C19H20N4O3S/c1-3-23-13-20-22-18(23)16-5-4-6-17(11-16)21-19(24)15-9-7-14(8-10-15)12-27(2,25)26/h4-11,13H,3,12H2,1-2H3,(H,21,24). The number of benzene rings is 2. The van der Waals surface area contributed by atoms with Crippen molar-refractivity contribution in [1.29, 1.82) is 0 Å². The highest BCUT2D eigenvalue weighted by Crippen LogP contribution is 2.21. The van der Waals surface area contributed by atoms with E-state index in [-0.39, 0.29) is 11.7 Å². The number of sulfone groups is 1. The third-order valence-electron chi connectivity index (χ3n) is 3.98.